The van der Waals surface area contributed by atoms with Crippen LogP contribution in [0.5, 0.6) is 0 Å². The van der Waals surface area contributed by atoms with Gasteiger partial charge in [-0.1, -0.05) is 19.9 Å². The average Bonchev–Trinajstić information content (AvgIpc) is 2.71. The van der Waals surface area contributed by atoms with Crippen molar-refractivity contribution < 1.29 is 4.79 Å². The number of rotatable bonds is 2. The Morgan fingerprint density at radius 1 is 1.39 bits per heavy atom. The molecule has 0 atom stereocenters. The predicted octanol–water partition coefficient (Wildman–Crippen LogP) is 2.68. The standard InChI is InChI=1S/C15H18N2O/c1-10(2)11-3-4-14-12(7-11)13(9-18)15-8-16-5-6-17(14)15/h3-4,7,9-10,16H,5-6,8H2,1-2H3. The fourth-order valence-electron chi connectivity index (χ4n) is 2.79. The monoisotopic (exact) mass is 242 g/mol. The summed E-state index contributed by atoms with van der Waals surface area (Å²) in [6, 6.07) is 6.51. The Morgan fingerprint density at radius 3 is 2.94 bits per heavy atom. The molecule has 1 aliphatic heterocycles. The Labute approximate surface area is 107 Å². The number of aldehydes is 1. The van der Waals surface area contributed by atoms with Crippen LogP contribution in [0.4, 0.5) is 0 Å². The van der Waals surface area contributed by atoms with Crippen LogP contribution < -0.4 is 5.32 Å². The molecule has 0 saturated heterocycles. The molecule has 2 aromatic rings. The maximum absolute atomic E-state index is 11.4. The number of fused-ring (bicyclic) bond motifs is 3. The van der Waals surface area contributed by atoms with Gasteiger partial charge >= 0.3 is 0 Å². The molecule has 0 fully saturated rings. The lowest BCUT2D eigenvalue weighted by Crippen LogP contribution is -2.28. The zero-order chi connectivity index (χ0) is 12.7. The van der Waals surface area contributed by atoms with E-state index in [2.05, 4.69) is 41.9 Å². The molecule has 0 amide bonds. The number of hydrogen-bond donors (Lipinski definition) is 1. The molecule has 3 heteroatoms. The average molecular weight is 242 g/mol. The van der Waals surface area contributed by atoms with Crippen LogP contribution in [0, 0.1) is 0 Å². The summed E-state index contributed by atoms with van der Waals surface area (Å²) in [5.41, 5.74) is 4.48. The summed E-state index contributed by atoms with van der Waals surface area (Å²) in [7, 11) is 0. The second-order valence-corrected chi connectivity index (χ2v) is 5.24. The van der Waals surface area contributed by atoms with Gasteiger partial charge in [0.2, 0.25) is 0 Å². The summed E-state index contributed by atoms with van der Waals surface area (Å²) in [6.07, 6.45) is 1.01. The Bertz CT molecular complexity index is 610. The van der Waals surface area contributed by atoms with Gasteiger partial charge in [-0.15, -0.1) is 0 Å². The Hall–Kier alpha value is -1.61. The lowest BCUT2D eigenvalue weighted by Gasteiger charge is -2.17. The largest absolute Gasteiger partial charge is 0.341 e. The quantitative estimate of drug-likeness (QED) is 0.821. The molecular formula is C15H18N2O. The third-order valence-electron chi connectivity index (χ3n) is 3.83. The second-order valence-electron chi connectivity index (χ2n) is 5.24. The van der Waals surface area contributed by atoms with Crippen molar-refractivity contribution in [2.24, 2.45) is 0 Å². The van der Waals surface area contributed by atoms with Crippen LogP contribution in [0.3, 0.4) is 0 Å². The smallest absolute Gasteiger partial charge is 0.152 e. The lowest BCUT2D eigenvalue weighted by molar-refractivity contribution is 0.112. The third kappa shape index (κ3) is 1.58. The van der Waals surface area contributed by atoms with Crippen molar-refractivity contribution in [3.05, 3.63) is 35.0 Å². The summed E-state index contributed by atoms with van der Waals surface area (Å²) < 4.78 is 2.28. The first-order valence-corrected chi connectivity index (χ1v) is 6.53. The van der Waals surface area contributed by atoms with Crippen LogP contribution in [-0.4, -0.2) is 17.4 Å². The van der Waals surface area contributed by atoms with Gasteiger partial charge in [0.1, 0.15) is 0 Å². The van der Waals surface area contributed by atoms with Gasteiger partial charge in [0.05, 0.1) is 0 Å². The minimum Gasteiger partial charge on any atom is -0.341 e. The van der Waals surface area contributed by atoms with E-state index in [1.807, 2.05) is 0 Å². The van der Waals surface area contributed by atoms with Gasteiger partial charge in [-0.3, -0.25) is 4.79 Å². The topological polar surface area (TPSA) is 34.0 Å². The van der Waals surface area contributed by atoms with Crippen LogP contribution in [0.25, 0.3) is 10.9 Å². The molecule has 0 radical (unpaired) electrons. The molecule has 3 nitrogen and oxygen atoms in total. The minimum absolute atomic E-state index is 0.490. The molecule has 94 valence electrons. The highest BCUT2D eigenvalue weighted by Crippen LogP contribution is 2.29. The molecule has 0 saturated carbocycles. The molecule has 0 aliphatic carbocycles. The molecule has 0 spiro atoms. The highest BCUT2D eigenvalue weighted by Gasteiger charge is 2.19. The van der Waals surface area contributed by atoms with Crippen LogP contribution in [0.15, 0.2) is 18.2 Å². The summed E-state index contributed by atoms with van der Waals surface area (Å²) in [4.78, 5) is 11.4. The molecule has 1 aliphatic rings. The van der Waals surface area contributed by atoms with E-state index in [0.717, 1.165) is 42.6 Å². The van der Waals surface area contributed by atoms with Crippen molar-refractivity contribution in [3.63, 3.8) is 0 Å². The normalized spacial score (nSPS) is 15.1. The van der Waals surface area contributed by atoms with Gasteiger partial charge in [0, 0.05) is 41.8 Å². The molecule has 0 bridgehead atoms. The molecule has 1 aromatic carbocycles. The zero-order valence-electron chi connectivity index (χ0n) is 10.9. The fraction of sp³-hybridized carbons (Fsp3) is 0.400. The maximum Gasteiger partial charge on any atom is 0.152 e. The summed E-state index contributed by atoms with van der Waals surface area (Å²) in [5, 5.41) is 4.44. The maximum atomic E-state index is 11.4. The number of nitrogens with one attached hydrogen (secondary N) is 1. The zero-order valence-corrected chi connectivity index (χ0v) is 10.9. The summed E-state index contributed by atoms with van der Waals surface area (Å²) >= 11 is 0. The van der Waals surface area contributed by atoms with Crippen LogP contribution in [-0.2, 0) is 13.1 Å². The van der Waals surface area contributed by atoms with Gasteiger partial charge in [-0.05, 0) is 23.6 Å². The third-order valence-corrected chi connectivity index (χ3v) is 3.83. The Morgan fingerprint density at radius 2 is 2.22 bits per heavy atom. The first-order valence-electron chi connectivity index (χ1n) is 6.53. The number of aromatic nitrogens is 1. The van der Waals surface area contributed by atoms with Crippen molar-refractivity contribution in [2.75, 3.05) is 6.54 Å². The number of hydrogen-bond acceptors (Lipinski definition) is 2. The molecular weight excluding hydrogens is 224 g/mol. The molecule has 2 heterocycles. The summed E-state index contributed by atoms with van der Waals surface area (Å²) in [5.74, 6) is 0.490. The Balaban J connectivity index is 2.31. The first kappa shape index (κ1) is 11.5. The highest BCUT2D eigenvalue weighted by molar-refractivity contribution is 5.99. The Kier molecular flexibility index (Phi) is 2.71. The number of carbonyl (C=O) groups is 1. The molecule has 18 heavy (non-hydrogen) atoms. The van der Waals surface area contributed by atoms with Gasteiger partial charge in [-0.2, -0.15) is 0 Å². The molecule has 3 rings (SSSR count). The molecule has 0 unspecified atom stereocenters. The van der Waals surface area contributed by atoms with E-state index >= 15 is 0 Å². The van der Waals surface area contributed by atoms with Crippen molar-refractivity contribution in [3.8, 4) is 0 Å². The van der Waals surface area contributed by atoms with Crippen molar-refractivity contribution >= 4 is 17.2 Å². The number of nitrogens with zero attached hydrogens (tertiary/aromatic N) is 1. The van der Waals surface area contributed by atoms with Gasteiger partial charge in [0.25, 0.3) is 0 Å². The van der Waals surface area contributed by atoms with Crippen LogP contribution in [0.1, 0.15) is 41.4 Å². The second kappa shape index (κ2) is 4.25. The highest BCUT2D eigenvalue weighted by atomic mass is 16.1. The predicted molar refractivity (Wildman–Crippen MR) is 73.1 cm³/mol. The van der Waals surface area contributed by atoms with E-state index in [1.54, 1.807) is 0 Å². The van der Waals surface area contributed by atoms with E-state index in [1.165, 1.54) is 11.1 Å². The lowest BCUT2D eigenvalue weighted by atomic mass is 10.0. The van der Waals surface area contributed by atoms with Crippen molar-refractivity contribution in [1.29, 1.82) is 0 Å². The fourth-order valence-corrected chi connectivity index (χ4v) is 2.79. The van der Waals surface area contributed by atoms with Gasteiger partial charge < -0.3 is 9.88 Å². The van der Waals surface area contributed by atoms with E-state index in [9.17, 15) is 4.79 Å². The van der Waals surface area contributed by atoms with E-state index in [0.29, 0.717) is 5.92 Å². The van der Waals surface area contributed by atoms with E-state index < -0.39 is 0 Å². The van der Waals surface area contributed by atoms with Crippen molar-refractivity contribution in [2.45, 2.75) is 32.9 Å². The number of carbonyl (C=O) groups excluding carboxylic acids is 1. The summed E-state index contributed by atoms with van der Waals surface area (Å²) in [6.45, 7) is 7.07. The SMILES string of the molecule is CC(C)c1ccc2c(c1)c(C=O)c1n2CCNC1. The van der Waals surface area contributed by atoms with Crippen LogP contribution >= 0.6 is 0 Å². The molecule has 1 N–H and O–H groups in total. The van der Waals surface area contributed by atoms with Gasteiger partial charge in [0.15, 0.2) is 6.29 Å². The molecule has 1 aromatic heterocycles. The van der Waals surface area contributed by atoms with Crippen LogP contribution in [0.2, 0.25) is 0 Å². The minimum atomic E-state index is 0.490. The number of benzene rings is 1. The van der Waals surface area contributed by atoms with E-state index in [4.69, 9.17) is 0 Å². The van der Waals surface area contributed by atoms with E-state index in [-0.39, 0.29) is 0 Å². The first-order chi connectivity index (χ1) is 8.72. The van der Waals surface area contributed by atoms with Crippen molar-refractivity contribution in [1.82, 2.24) is 9.88 Å². The van der Waals surface area contributed by atoms with Gasteiger partial charge in [-0.25, -0.2) is 0 Å².